The van der Waals surface area contributed by atoms with Gasteiger partial charge in [0.2, 0.25) is 0 Å². The summed E-state index contributed by atoms with van der Waals surface area (Å²) in [5.41, 5.74) is 2.52. The molecule has 1 aromatic carbocycles. The minimum atomic E-state index is -0.849. The van der Waals surface area contributed by atoms with Crippen LogP contribution in [0.25, 0.3) is 22.2 Å². The molecule has 0 aliphatic rings. The van der Waals surface area contributed by atoms with Crippen molar-refractivity contribution in [2.45, 2.75) is 33.1 Å². The van der Waals surface area contributed by atoms with Gasteiger partial charge in [-0.2, -0.15) is 4.39 Å². The summed E-state index contributed by atoms with van der Waals surface area (Å²) >= 11 is 0. The third-order valence-corrected chi connectivity index (χ3v) is 3.59. The first-order valence-corrected chi connectivity index (χ1v) is 7.63. The lowest BCUT2D eigenvalue weighted by atomic mass is 9.94. The molecule has 0 aliphatic heterocycles. The average Bonchev–Trinajstić information content (AvgIpc) is 3.14. The Bertz CT molecular complexity index is 804. The van der Waals surface area contributed by atoms with Crippen LogP contribution in [-0.2, 0) is 4.79 Å². The molecule has 3 rings (SSSR count). The summed E-state index contributed by atoms with van der Waals surface area (Å²) in [4.78, 5) is 14.1. The fourth-order valence-electron chi connectivity index (χ4n) is 2.64. The standard InChI is InChI=1S/C16H14FNO3.C2H6/c1-9(7-15(19)20)11-8-18-12-4-2-3-10(16(11)12)13-5-6-14(17)21-13;1-2/h2-6,8-9,18H,7H2,1H3,(H,19,20);1-2H3. The molecule has 2 N–H and O–H groups in total. The maximum Gasteiger partial charge on any atom is 0.303 e. The number of aromatic amines is 1. The van der Waals surface area contributed by atoms with Gasteiger partial charge in [0.1, 0.15) is 5.76 Å². The monoisotopic (exact) mass is 317 g/mol. The fourth-order valence-corrected chi connectivity index (χ4v) is 2.64. The Morgan fingerprint density at radius 1 is 1.30 bits per heavy atom. The van der Waals surface area contributed by atoms with Crippen LogP contribution in [0.4, 0.5) is 4.39 Å². The number of halogens is 1. The Morgan fingerprint density at radius 2 is 2.04 bits per heavy atom. The van der Waals surface area contributed by atoms with Gasteiger partial charge >= 0.3 is 5.97 Å². The Labute approximate surface area is 133 Å². The molecule has 2 aromatic heterocycles. The molecule has 0 bridgehead atoms. The first-order chi connectivity index (χ1) is 11.1. The zero-order valence-corrected chi connectivity index (χ0v) is 13.4. The molecule has 0 radical (unpaired) electrons. The quantitative estimate of drug-likeness (QED) is 0.697. The summed E-state index contributed by atoms with van der Waals surface area (Å²) in [6.45, 7) is 5.86. The number of carboxylic acid groups (broad SMARTS) is 1. The summed E-state index contributed by atoms with van der Waals surface area (Å²) in [5, 5.41) is 9.84. The van der Waals surface area contributed by atoms with Gasteiger partial charge in [-0.05, 0) is 23.6 Å². The van der Waals surface area contributed by atoms with Gasteiger partial charge < -0.3 is 14.5 Å². The van der Waals surface area contributed by atoms with Crippen molar-refractivity contribution in [2.75, 3.05) is 0 Å². The van der Waals surface area contributed by atoms with E-state index in [0.29, 0.717) is 5.76 Å². The SMILES string of the molecule is CC.CC(CC(=O)O)c1c[nH]c2cccc(-c3ccc(F)o3)c12. The van der Waals surface area contributed by atoms with E-state index in [-0.39, 0.29) is 12.3 Å². The molecule has 23 heavy (non-hydrogen) atoms. The van der Waals surface area contributed by atoms with E-state index in [2.05, 4.69) is 4.98 Å². The lowest BCUT2D eigenvalue weighted by Crippen LogP contribution is -2.02. The highest BCUT2D eigenvalue weighted by Crippen LogP contribution is 2.36. The van der Waals surface area contributed by atoms with E-state index in [1.165, 1.54) is 6.07 Å². The van der Waals surface area contributed by atoms with Crippen molar-refractivity contribution in [2.24, 2.45) is 0 Å². The van der Waals surface area contributed by atoms with Crippen molar-refractivity contribution in [3.8, 4) is 11.3 Å². The molecule has 2 heterocycles. The Kier molecular flexibility index (Phi) is 5.21. The fraction of sp³-hybridized carbons (Fsp3) is 0.278. The van der Waals surface area contributed by atoms with Crippen LogP contribution in [0.15, 0.2) is 40.9 Å². The Morgan fingerprint density at radius 3 is 2.65 bits per heavy atom. The molecule has 4 nitrogen and oxygen atoms in total. The minimum Gasteiger partial charge on any atom is -0.481 e. The Hall–Kier alpha value is -2.56. The zero-order chi connectivity index (χ0) is 17.0. The topological polar surface area (TPSA) is 66.2 Å². The van der Waals surface area contributed by atoms with Gasteiger partial charge in [0.25, 0.3) is 6.01 Å². The van der Waals surface area contributed by atoms with Crippen molar-refractivity contribution in [3.63, 3.8) is 0 Å². The van der Waals surface area contributed by atoms with Gasteiger partial charge in [0.05, 0.1) is 6.42 Å². The first kappa shape index (κ1) is 16.8. The summed E-state index contributed by atoms with van der Waals surface area (Å²) in [5.74, 6) is -0.572. The number of nitrogens with one attached hydrogen (secondary N) is 1. The molecule has 0 amide bonds. The zero-order valence-electron chi connectivity index (χ0n) is 13.4. The number of aliphatic carboxylic acids is 1. The highest BCUT2D eigenvalue weighted by atomic mass is 19.1. The van der Waals surface area contributed by atoms with Crippen LogP contribution in [-0.4, -0.2) is 16.1 Å². The Balaban J connectivity index is 0.000000924. The van der Waals surface area contributed by atoms with Crippen molar-refractivity contribution in [1.29, 1.82) is 0 Å². The minimum absolute atomic E-state index is 0.0355. The number of fused-ring (bicyclic) bond motifs is 1. The van der Waals surface area contributed by atoms with Gasteiger partial charge in [0, 0.05) is 28.7 Å². The van der Waals surface area contributed by atoms with E-state index >= 15 is 0 Å². The van der Waals surface area contributed by atoms with E-state index in [1.807, 2.05) is 39.0 Å². The normalized spacial score (nSPS) is 11.8. The van der Waals surface area contributed by atoms with Gasteiger partial charge in [-0.25, -0.2) is 0 Å². The number of furan rings is 1. The molecular weight excluding hydrogens is 297 g/mol. The molecule has 0 spiro atoms. The maximum absolute atomic E-state index is 13.1. The van der Waals surface area contributed by atoms with Crippen LogP contribution in [0, 0.1) is 6.01 Å². The van der Waals surface area contributed by atoms with Gasteiger partial charge in [-0.15, -0.1) is 0 Å². The second-order valence-electron chi connectivity index (χ2n) is 5.07. The van der Waals surface area contributed by atoms with Crippen LogP contribution in [0.1, 0.15) is 38.7 Å². The molecule has 5 heteroatoms. The smallest absolute Gasteiger partial charge is 0.303 e. The number of H-pyrrole nitrogens is 1. The molecule has 0 fully saturated rings. The van der Waals surface area contributed by atoms with Crippen molar-refractivity contribution in [3.05, 3.63) is 48.1 Å². The highest BCUT2D eigenvalue weighted by Gasteiger charge is 2.18. The molecule has 1 atom stereocenters. The molecular formula is C18H20FNO3. The van der Waals surface area contributed by atoms with E-state index in [1.54, 1.807) is 12.3 Å². The van der Waals surface area contributed by atoms with E-state index in [0.717, 1.165) is 22.0 Å². The highest BCUT2D eigenvalue weighted by molar-refractivity contribution is 5.97. The number of hydrogen-bond donors (Lipinski definition) is 2. The van der Waals surface area contributed by atoms with Crippen molar-refractivity contribution in [1.82, 2.24) is 4.98 Å². The lowest BCUT2D eigenvalue weighted by molar-refractivity contribution is -0.137. The van der Waals surface area contributed by atoms with E-state index < -0.39 is 12.0 Å². The number of benzene rings is 1. The van der Waals surface area contributed by atoms with Crippen molar-refractivity contribution < 1.29 is 18.7 Å². The molecule has 3 aromatic rings. The number of hydrogen-bond acceptors (Lipinski definition) is 2. The van der Waals surface area contributed by atoms with Crippen LogP contribution in [0.3, 0.4) is 0 Å². The summed E-state index contributed by atoms with van der Waals surface area (Å²) in [6, 6.07) is 7.78. The lowest BCUT2D eigenvalue weighted by Gasteiger charge is -2.09. The predicted molar refractivity (Wildman–Crippen MR) is 88.0 cm³/mol. The van der Waals surface area contributed by atoms with E-state index in [9.17, 15) is 9.18 Å². The predicted octanol–water partition coefficient (Wildman–Crippen LogP) is 5.17. The molecule has 0 saturated carbocycles. The summed E-state index contributed by atoms with van der Waals surface area (Å²) in [7, 11) is 0. The number of rotatable bonds is 4. The molecule has 122 valence electrons. The number of carbonyl (C=O) groups is 1. The summed E-state index contributed by atoms with van der Waals surface area (Å²) < 4.78 is 18.2. The third-order valence-electron chi connectivity index (χ3n) is 3.59. The largest absolute Gasteiger partial charge is 0.481 e. The van der Waals surface area contributed by atoms with Gasteiger partial charge in [-0.1, -0.05) is 32.9 Å². The maximum atomic E-state index is 13.1. The number of aromatic nitrogens is 1. The van der Waals surface area contributed by atoms with Crippen LogP contribution in [0.5, 0.6) is 0 Å². The van der Waals surface area contributed by atoms with Crippen LogP contribution < -0.4 is 0 Å². The van der Waals surface area contributed by atoms with Gasteiger partial charge in [0.15, 0.2) is 0 Å². The third kappa shape index (κ3) is 3.44. The van der Waals surface area contributed by atoms with Gasteiger partial charge in [-0.3, -0.25) is 4.79 Å². The van der Waals surface area contributed by atoms with Crippen LogP contribution in [0.2, 0.25) is 0 Å². The van der Waals surface area contributed by atoms with Crippen molar-refractivity contribution >= 4 is 16.9 Å². The van der Waals surface area contributed by atoms with Crippen LogP contribution >= 0.6 is 0 Å². The summed E-state index contributed by atoms with van der Waals surface area (Å²) in [6.07, 6.45) is 1.84. The van der Waals surface area contributed by atoms with E-state index in [4.69, 9.17) is 9.52 Å². The number of carboxylic acids is 1. The molecule has 0 saturated heterocycles. The molecule has 0 aliphatic carbocycles. The first-order valence-electron chi connectivity index (χ1n) is 7.63. The second-order valence-corrected chi connectivity index (χ2v) is 5.07. The molecule has 1 unspecified atom stereocenters. The second kappa shape index (κ2) is 7.13. The average molecular weight is 317 g/mol.